The molecule has 0 aliphatic heterocycles. The number of hydrogen-bond donors (Lipinski definition) is 1. The molecular weight excluding hydrogens is 469 g/mol. The summed E-state index contributed by atoms with van der Waals surface area (Å²) in [5, 5.41) is 2.05. The Balaban J connectivity index is 0.00000272. The van der Waals surface area contributed by atoms with E-state index in [4.69, 9.17) is 9.47 Å². The summed E-state index contributed by atoms with van der Waals surface area (Å²) in [7, 11) is 0. The minimum absolute atomic E-state index is 0. The molecule has 0 amide bonds. The molecule has 0 spiro atoms. The minimum atomic E-state index is -0.463. The summed E-state index contributed by atoms with van der Waals surface area (Å²) in [6.07, 6.45) is 1.45. The van der Waals surface area contributed by atoms with Gasteiger partial charge in [0.1, 0.15) is 12.4 Å². The van der Waals surface area contributed by atoms with Crippen molar-refractivity contribution in [2.24, 2.45) is 0 Å². The fourth-order valence-electron chi connectivity index (χ4n) is 3.25. The van der Waals surface area contributed by atoms with Gasteiger partial charge in [-0.05, 0) is 37.6 Å². The third-order valence-electron chi connectivity index (χ3n) is 4.71. The Bertz CT molecular complexity index is 1330. The van der Waals surface area contributed by atoms with Crippen molar-refractivity contribution < 1.29 is 42.2 Å². The summed E-state index contributed by atoms with van der Waals surface area (Å²) in [6.45, 7) is 4.54. The van der Waals surface area contributed by atoms with E-state index < -0.39 is 11.2 Å². The molecular formula is C24H21N2O4Y-. The topological polar surface area (TPSA) is 73.3 Å². The van der Waals surface area contributed by atoms with Gasteiger partial charge in [-0.2, -0.15) is 24.3 Å². The van der Waals surface area contributed by atoms with Gasteiger partial charge in [-0.3, -0.25) is 14.3 Å². The SMILES string of the molecule is Cc1ccc(Oc2cc(C)cc3c[c-]ccc23)c(OCCn2ccc(=O)[nH]c2=O)c1.[Y]. The molecule has 3 aromatic carbocycles. The number of aromatic nitrogens is 2. The van der Waals surface area contributed by atoms with Crippen molar-refractivity contribution in [2.75, 3.05) is 6.61 Å². The summed E-state index contributed by atoms with van der Waals surface area (Å²) in [5.41, 5.74) is 1.23. The molecule has 4 rings (SSSR count). The number of nitrogens with one attached hydrogen (secondary N) is 1. The molecule has 1 aromatic heterocycles. The number of aryl methyl sites for hydroxylation is 2. The Labute approximate surface area is 204 Å². The molecule has 155 valence electrons. The number of nitrogens with zero attached hydrogens (tertiary/aromatic N) is 1. The van der Waals surface area contributed by atoms with E-state index in [1.807, 2.05) is 56.3 Å². The van der Waals surface area contributed by atoms with Crippen LogP contribution in [0.2, 0.25) is 0 Å². The largest absolute Gasteiger partial charge is 0.488 e. The van der Waals surface area contributed by atoms with E-state index in [-0.39, 0.29) is 39.3 Å². The molecule has 0 aliphatic rings. The summed E-state index contributed by atoms with van der Waals surface area (Å²) in [6, 6.07) is 20.0. The second-order valence-electron chi connectivity index (χ2n) is 7.11. The predicted octanol–water partition coefficient (Wildman–Crippen LogP) is 3.98. The minimum Gasteiger partial charge on any atom is -0.488 e. The number of benzene rings is 3. The van der Waals surface area contributed by atoms with E-state index in [9.17, 15) is 9.59 Å². The predicted molar refractivity (Wildman–Crippen MR) is 116 cm³/mol. The van der Waals surface area contributed by atoms with Gasteiger partial charge in [-0.15, -0.1) is 11.5 Å². The monoisotopic (exact) mass is 490 g/mol. The summed E-state index contributed by atoms with van der Waals surface area (Å²) in [5.74, 6) is 1.92. The first-order chi connectivity index (χ1) is 14.5. The summed E-state index contributed by atoms with van der Waals surface area (Å²) >= 11 is 0. The van der Waals surface area contributed by atoms with Crippen LogP contribution in [-0.2, 0) is 39.3 Å². The molecule has 0 aliphatic carbocycles. The van der Waals surface area contributed by atoms with Gasteiger partial charge in [0, 0.05) is 45.0 Å². The Morgan fingerprint density at radius 3 is 2.58 bits per heavy atom. The Morgan fingerprint density at radius 1 is 0.968 bits per heavy atom. The molecule has 0 saturated heterocycles. The molecule has 0 bridgehead atoms. The number of aromatic amines is 1. The first kappa shape index (κ1) is 23.0. The molecule has 1 radical (unpaired) electrons. The van der Waals surface area contributed by atoms with Crippen LogP contribution in [0.1, 0.15) is 11.1 Å². The van der Waals surface area contributed by atoms with Gasteiger partial charge < -0.3 is 9.47 Å². The van der Waals surface area contributed by atoms with Crippen LogP contribution < -0.4 is 20.7 Å². The van der Waals surface area contributed by atoms with E-state index >= 15 is 0 Å². The van der Waals surface area contributed by atoms with Crippen molar-refractivity contribution in [3.8, 4) is 17.2 Å². The van der Waals surface area contributed by atoms with Crippen molar-refractivity contribution in [2.45, 2.75) is 20.4 Å². The van der Waals surface area contributed by atoms with Crippen molar-refractivity contribution in [1.29, 1.82) is 0 Å². The zero-order valence-electron chi connectivity index (χ0n) is 17.3. The van der Waals surface area contributed by atoms with Gasteiger partial charge >= 0.3 is 5.69 Å². The van der Waals surface area contributed by atoms with Gasteiger partial charge in [-0.1, -0.05) is 17.0 Å². The van der Waals surface area contributed by atoms with E-state index in [1.54, 1.807) is 0 Å². The van der Waals surface area contributed by atoms with Gasteiger partial charge in [0.05, 0.1) is 6.54 Å². The molecule has 31 heavy (non-hydrogen) atoms. The summed E-state index contributed by atoms with van der Waals surface area (Å²) < 4.78 is 13.6. The van der Waals surface area contributed by atoms with E-state index in [1.165, 1.54) is 16.8 Å². The standard InChI is InChI=1S/C24H21N2O4.Y/c1-16-7-8-20(30-21-15-17(2)13-18-5-3-4-6-19(18)21)22(14-16)29-12-11-26-10-9-23(27)25-24(26)28;/h4-10,13-15H,11-12H2,1-2H3,(H,25,27,28);/q-1;. The number of H-pyrrole nitrogens is 1. The molecule has 1 N–H and O–H groups in total. The van der Waals surface area contributed by atoms with Gasteiger partial charge in [0.25, 0.3) is 5.56 Å². The van der Waals surface area contributed by atoms with Crippen LogP contribution in [0, 0.1) is 19.9 Å². The zero-order valence-corrected chi connectivity index (χ0v) is 20.2. The van der Waals surface area contributed by atoms with Crippen LogP contribution in [0.5, 0.6) is 17.2 Å². The normalized spacial score (nSPS) is 10.5. The van der Waals surface area contributed by atoms with Gasteiger partial charge in [0.15, 0.2) is 11.5 Å². The Kier molecular flexibility index (Phi) is 7.47. The number of ether oxygens (including phenoxy) is 2. The first-order valence-corrected chi connectivity index (χ1v) is 9.61. The maximum absolute atomic E-state index is 11.8. The molecule has 1 heterocycles. The van der Waals surface area contributed by atoms with Crippen LogP contribution in [0.25, 0.3) is 10.8 Å². The van der Waals surface area contributed by atoms with Crippen molar-refractivity contribution in [3.63, 3.8) is 0 Å². The van der Waals surface area contributed by atoms with Crippen LogP contribution >= 0.6 is 0 Å². The van der Waals surface area contributed by atoms with Gasteiger partial charge in [-0.25, -0.2) is 4.79 Å². The molecule has 7 heteroatoms. The fourth-order valence-corrected chi connectivity index (χ4v) is 3.25. The van der Waals surface area contributed by atoms with Crippen molar-refractivity contribution in [3.05, 3.63) is 98.8 Å². The van der Waals surface area contributed by atoms with E-state index in [0.29, 0.717) is 18.0 Å². The second kappa shape index (κ2) is 10.1. The average molecular weight is 490 g/mol. The third kappa shape index (κ3) is 5.51. The molecule has 6 nitrogen and oxygen atoms in total. The molecule has 0 saturated carbocycles. The third-order valence-corrected chi connectivity index (χ3v) is 4.71. The maximum Gasteiger partial charge on any atom is 0.328 e. The Hall–Kier alpha value is -2.70. The quantitative estimate of drug-likeness (QED) is 0.415. The summed E-state index contributed by atoms with van der Waals surface area (Å²) in [4.78, 5) is 25.2. The molecule has 0 fully saturated rings. The fraction of sp³-hybridized carbons (Fsp3) is 0.167. The van der Waals surface area contributed by atoms with E-state index in [2.05, 4.69) is 17.1 Å². The van der Waals surface area contributed by atoms with Crippen LogP contribution in [0.3, 0.4) is 0 Å². The molecule has 0 atom stereocenters. The molecule has 0 unspecified atom stereocenters. The number of hydrogen-bond acceptors (Lipinski definition) is 4. The zero-order chi connectivity index (χ0) is 21.1. The second-order valence-corrected chi connectivity index (χ2v) is 7.11. The van der Waals surface area contributed by atoms with Crippen LogP contribution in [-0.4, -0.2) is 16.2 Å². The van der Waals surface area contributed by atoms with Crippen LogP contribution in [0.4, 0.5) is 0 Å². The first-order valence-electron chi connectivity index (χ1n) is 9.61. The smallest absolute Gasteiger partial charge is 0.328 e. The number of fused-ring (bicyclic) bond motifs is 1. The van der Waals surface area contributed by atoms with E-state index in [0.717, 1.165) is 27.6 Å². The molecule has 4 aromatic rings. The van der Waals surface area contributed by atoms with Crippen molar-refractivity contribution in [1.82, 2.24) is 9.55 Å². The van der Waals surface area contributed by atoms with Crippen LogP contribution in [0.15, 0.2) is 70.4 Å². The maximum atomic E-state index is 11.8. The average Bonchev–Trinajstić information content (AvgIpc) is 2.71. The van der Waals surface area contributed by atoms with Gasteiger partial charge in [0.2, 0.25) is 0 Å². The Morgan fingerprint density at radius 2 is 1.77 bits per heavy atom. The van der Waals surface area contributed by atoms with Crippen molar-refractivity contribution >= 4 is 10.8 Å². The number of rotatable bonds is 6.